The maximum Gasteiger partial charge on any atom is 0.276 e. The number of carbonyl (C=O) groups is 2. The van der Waals surface area contributed by atoms with E-state index in [2.05, 4.69) is 10.5 Å². The van der Waals surface area contributed by atoms with E-state index in [1.807, 2.05) is 45.0 Å². The molecule has 1 aromatic carbocycles. The predicted molar refractivity (Wildman–Crippen MR) is 98.6 cm³/mol. The first-order valence-corrected chi connectivity index (χ1v) is 9.07. The molecule has 26 heavy (non-hydrogen) atoms. The van der Waals surface area contributed by atoms with Crippen LogP contribution in [-0.4, -0.2) is 41.0 Å². The number of nitrogens with one attached hydrogen (secondary N) is 1. The van der Waals surface area contributed by atoms with Crippen LogP contribution in [0.25, 0.3) is 11.3 Å². The van der Waals surface area contributed by atoms with Gasteiger partial charge in [-0.25, -0.2) is 0 Å². The number of rotatable bonds is 4. The molecular formula is C20H25N3O3. The van der Waals surface area contributed by atoms with E-state index in [1.165, 1.54) is 0 Å². The third kappa shape index (κ3) is 4.12. The first-order chi connectivity index (χ1) is 12.4. The molecule has 6 nitrogen and oxygen atoms in total. The van der Waals surface area contributed by atoms with Gasteiger partial charge in [0.25, 0.3) is 5.91 Å². The van der Waals surface area contributed by atoms with Crippen LogP contribution in [0.2, 0.25) is 0 Å². The molecule has 2 aromatic rings. The summed E-state index contributed by atoms with van der Waals surface area (Å²) in [5.41, 5.74) is 2.32. The van der Waals surface area contributed by atoms with Gasteiger partial charge in [-0.1, -0.05) is 35.0 Å². The minimum Gasteiger partial charge on any atom is -0.355 e. The maximum absolute atomic E-state index is 12.8. The molecule has 1 saturated heterocycles. The number of nitrogens with zero attached hydrogens (tertiary/aromatic N) is 2. The topological polar surface area (TPSA) is 75.4 Å². The minimum atomic E-state index is -0.186. The Balaban J connectivity index is 1.69. The van der Waals surface area contributed by atoms with Gasteiger partial charge in [0.05, 0.1) is 5.92 Å². The van der Waals surface area contributed by atoms with Gasteiger partial charge in [-0.05, 0) is 33.6 Å². The van der Waals surface area contributed by atoms with E-state index in [1.54, 1.807) is 11.0 Å². The lowest BCUT2D eigenvalue weighted by molar-refractivity contribution is -0.126. The summed E-state index contributed by atoms with van der Waals surface area (Å²) >= 11 is 0. The molecule has 0 saturated carbocycles. The van der Waals surface area contributed by atoms with Gasteiger partial charge in [0, 0.05) is 30.8 Å². The Morgan fingerprint density at radius 1 is 1.27 bits per heavy atom. The number of aryl methyl sites for hydroxylation is 1. The number of hydrogen-bond donors (Lipinski definition) is 1. The minimum absolute atomic E-state index is 0.0120. The van der Waals surface area contributed by atoms with Gasteiger partial charge in [0.1, 0.15) is 0 Å². The molecule has 1 unspecified atom stereocenters. The summed E-state index contributed by atoms with van der Waals surface area (Å²) in [6.45, 7) is 6.94. The SMILES string of the molecule is Cc1ccc(-c2cc(C(=O)N3CCCC(C(=O)NC(C)C)C3)no2)cc1. The van der Waals surface area contributed by atoms with Gasteiger partial charge < -0.3 is 14.7 Å². The Kier molecular flexibility index (Phi) is 5.40. The van der Waals surface area contributed by atoms with Crippen LogP contribution in [0, 0.1) is 12.8 Å². The van der Waals surface area contributed by atoms with Crippen molar-refractivity contribution in [3.8, 4) is 11.3 Å². The van der Waals surface area contributed by atoms with Gasteiger partial charge >= 0.3 is 0 Å². The first kappa shape index (κ1) is 18.2. The standard InChI is InChI=1S/C20H25N3O3/c1-13(2)21-19(24)16-5-4-10-23(12-16)20(25)17-11-18(26-22-17)15-8-6-14(3)7-9-15/h6-9,11,13,16H,4-5,10,12H2,1-3H3,(H,21,24). The molecule has 0 aliphatic carbocycles. The highest BCUT2D eigenvalue weighted by atomic mass is 16.5. The van der Waals surface area contributed by atoms with Crippen LogP contribution in [0.3, 0.4) is 0 Å². The molecule has 1 aliphatic heterocycles. The molecule has 2 amide bonds. The van der Waals surface area contributed by atoms with Crippen molar-refractivity contribution >= 4 is 11.8 Å². The number of likely N-dealkylation sites (tertiary alicyclic amines) is 1. The van der Waals surface area contributed by atoms with E-state index < -0.39 is 0 Å². The van der Waals surface area contributed by atoms with Crippen LogP contribution in [-0.2, 0) is 4.79 Å². The summed E-state index contributed by atoms with van der Waals surface area (Å²) in [5.74, 6) is 0.227. The number of carbonyl (C=O) groups excluding carboxylic acids is 2. The largest absolute Gasteiger partial charge is 0.355 e. The number of aromatic nitrogens is 1. The van der Waals surface area contributed by atoms with Gasteiger partial charge in [-0.3, -0.25) is 9.59 Å². The molecule has 0 spiro atoms. The van der Waals surface area contributed by atoms with Crippen molar-refractivity contribution in [2.24, 2.45) is 5.92 Å². The zero-order valence-electron chi connectivity index (χ0n) is 15.5. The third-order valence-corrected chi connectivity index (χ3v) is 4.58. The fraction of sp³-hybridized carbons (Fsp3) is 0.450. The normalized spacial score (nSPS) is 17.4. The van der Waals surface area contributed by atoms with E-state index in [0.29, 0.717) is 18.8 Å². The van der Waals surface area contributed by atoms with Gasteiger partial charge in [0.2, 0.25) is 5.91 Å². The van der Waals surface area contributed by atoms with E-state index >= 15 is 0 Å². The Morgan fingerprint density at radius 2 is 2.00 bits per heavy atom. The number of hydrogen-bond acceptors (Lipinski definition) is 4. The predicted octanol–water partition coefficient (Wildman–Crippen LogP) is 3.03. The molecule has 2 heterocycles. The van der Waals surface area contributed by atoms with Crippen LogP contribution in [0.4, 0.5) is 0 Å². The van der Waals surface area contributed by atoms with Crippen LogP contribution in [0.15, 0.2) is 34.9 Å². The van der Waals surface area contributed by atoms with Crippen LogP contribution >= 0.6 is 0 Å². The zero-order valence-corrected chi connectivity index (χ0v) is 15.5. The number of piperidine rings is 1. The molecule has 0 radical (unpaired) electrons. The van der Waals surface area contributed by atoms with Crippen LogP contribution in [0.5, 0.6) is 0 Å². The van der Waals surface area contributed by atoms with E-state index in [4.69, 9.17) is 4.52 Å². The Hall–Kier alpha value is -2.63. The lowest BCUT2D eigenvalue weighted by atomic mass is 9.96. The molecule has 1 N–H and O–H groups in total. The quantitative estimate of drug-likeness (QED) is 0.915. The average molecular weight is 355 g/mol. The van der Waals surface area contributed by atoms with E-state index in [-0.39, 0.29) is 29.5 Å². The average Bonchev–Trinajstić information content (AvgIpc) is 3.11. The molecular weight excluding hydrogens is 330 g/mol. The molecule has 1 atom stereocenters. The second-order valence-corrected chi connectivity index (χ2v) is 7.20. The fourth-order valence-electron chi connectivity index (χ4n) is 3.17. The van der Waals surface area contributed by atoms with Crippen molar-refractivity contribution in [1.29, 1.82) is 0 Å². The molecule has 6 heteroatoms. The lowest BCUT2D eigenvalue weighted by Crippen LogP contribution is -2.46. The van der Waals surface area contributed by atoms with Gasteiger partial charge in [-0.15, -0.1) is 0 Å². The van der Waals surface area contributed by atoms with Crippen molar-refractivity contribution in [1.82, 2.24) is 15.4 Å². The van der Waals surface area contributed by atoms with Crippen molar-refractivity contribution in [2.45, 2.75) is 39.7 Å². The highest BCUT2D eigenvalue weighted by Gasteiger charge is 2.30. The van der Waals surface area contributed by atoms with Gasteiger partial charge in [0.15, 0.2) is 11.5 Å². The molecule has 1 aliphatic rings. The van der Waals surface area contributed by atoms with Crippen molar-refractivity contribution in [2.75, 3.05) is 13.1 Å². The second kappa shape index (κ2) is 7.72. The van der Waals surface area contributed by atoms with Crippen molar-refractivity contribution in [3.05, 3.63) is 41.6 Å². The summed E-state index contributed by atoms with van der Waals surface area (Å²) in [5, 5.41) is 6.87. The Morgan fingerprint density at radius 3 is 2.69 bits per heavy atom. The van der Waals surface area contributed by atoms with Crippen molar-refractivity contribution in [3.63, 3.8) is 0 Å². The molecule has 1 aromatic heterocycles. The molecule has 1 fully saturated rings. The summed E-state index contributed by atoms with van der Waals surface area (Å²) in [6.07, 6.45) is 1.61. The lowest BCUT2D eigenvalue weighted by Gasteiger charge is -2.31. The maximum atomic E-state index is 12.8. The van der Waals surface area contributed by atoms with Gasteiger partial charge in [-0.2, -0.15) is 0 Å². The molecule has 3 rings (SSSR count). The molecule has 0 bridgehead atoms. The van der Waals surface area contributed by atoms with Crippen LogP contribution in [0.1, 0.15) is 42.7 Å². The summed E-state index contributed by atoms with van der Waals surface area (Å²) in [6, 6.07) is 9.63. The summed E-state index contributed by atoms with van der Waals surface area (Å²) in [7, 11) is 0. The Labute approximate surface area is 153 Å². The number of amides is 2. The highest BCUT2D eigenvalue weighted by molar-refractivity contribution is 5.93. The smallest absolute Gasteiger partial charge is 0.276 e. The van der Waals surface area contributed by atoms with E-state index in [9.17, 15) is 9.59 Å². The number of benzene rings is 1. The van der Waals surface area contributed by atoms with Crippen LogP contribution < -0.4 is 5.32 Å². The third-order valence-electron chi connectivity index (χ3n) is 4.58. The van der Waals surface area contributed by atoms with Crippen molar-refractivity contribution < 1.29 is 14.1 Å². The zero-order chi connectivity index (χ0) is 18.7. The highest BCUT2D eigenvalue weighted by Crippen LogP contribution is 2.23. The molecule has 138 valence electrons. The second-order valence-electron chi connectivity index (χ2n) is 7.20. The Bertz CT molecular complexity index is 780. The van der Waals surface area contributed by atoms with E-state index in [0.717, 1.165) is 24.0 Å². The monoisotopic (exact) mass is 355 g/mol. The fourth-order valence-corrected chi connectivity index (χ4v) is 3.17. The summed E-state index contributed by atoms with van der Waals surface area (Å²) in [4.78, 5) is 26.7. The summed E-state index contributed by atoms with van der Waals surface area (Å²) < 4.78 is 5.35. The first-order valence-electron chi connectivity index (χ1n) is 9.07.